The molecule has 2 aromatic carbocycles. The third-order valence-electron chi connectivity index (χ3n) is 8.74. The van der Waals surface area contributed by atoms with Gasteiger partial charge in [-0.2, -0.15) is 0 Å². The Balaban J connectivity index is 1.06. The summed E-state index contributed by atoms with van der Waals surface area (Å²) in [6.45, 7) is 3.99. The van der Waals surface area contributed by atoms with Crippen molar-refractivity contribution in [3.8, 4) is 0 Å². The van der Waals surface area contributed by atoms with Crippen molar-refractivity contribution in [3.63, 3.8) is 0 Å². The van der Waals surface area contributed by atoms with Crippen molar-refractivity contribution in [1.82, 2.24) is 19.9 Å². The number of rotatable bonds is 5. The van der Waals surface area contributed by atoms with E-state index in [9.17, 15) is 9.18 Å². The van der Waals surface area contributed by atoms with Crippen LogP contribution in [0, 0.1) is 23.6 Å². The predicted octanol–water partition coefficient (Wildman–Crippen LogP) is 6.03. The highest BCUT2D eigenvalue weighted by molar-refractivity contribution is 5.98. The average Bonchev–Trinajstić information content (AvgIpc) is 3.32. The number of carbonyl (C=O) groups excluding carboxylic acids is 1. The summed E-state index contributed by atoms with van der Waals surface area (Å²) in [4.78, 5) is 27.0. The Hall–Kier alpha value is -3.28. The van der Waals surface area contributed by atoms with Gasteiger partial charge in [-0.1, -0.05) is 6.92 Å². The highest BCUT2D eigenvalue weighted by atomic mass is 19.1. The van der Waals surface area contributed by atoms with Gasteiger partial charge in [0.2, 0.25) is 0 Å². The third-order valence-corrected chi connectivity index (χ3v) is 8.74. The lowest BCUT2D eigenvalue weighted by atomic mass is 9.75. The first-order chi connectivity index (χ1) is 17.0. The van der Waals surface area contributed by atoms with Gasteiger partial charge in [-0.3, -0.25) is 9.78 Å². The van der Waals surface area contributed by atoms with Crippen LogP contribution in [0.2, 0.25) is 0 Å². The number of fused-ring (bicyclic) bond motifs is 4. The molecule has 5 atom stereocenters. The Morgan fingerprint density at radius 3 is 2.74 bits per heavy atom. The minimum atomic E-state index is -0.186. The zero-order valence-electron chi connectivity index (χ0n) is 19.9. The molecule has 178 valence electrons. The topological polar surface area (TPSA) is 61.6 Å². The summed E-state index contributed by atoms with van der Waals surface area (Å²) in [5.41, 5.74) is 4.78. The second-order valence-corrected chi connectivity index (χ2v) is 10.9. The van der Waals surface area contributed by atoms with E-state index in [1.807, 2.05) is 29.3 Å². The lowest BCUT2D eigenvalue weighted by Crippen LogP contribution is -2.19. The molecule has 35 heavy (non-hydrogen) atoms. The van der Waals surface area contributed by atoms with E-state index >= 15 is 0 Å². The zero-order chi connectivity index (χ0) is 23.7. The first kappa shape index (κ1) is 21.0. The van der Waals surface area contributed by atoms with Crippen LogP contribution in [0.1, 0.15) is 66.2 Å². The van der Waals surface area contributed by atoms with Gasteiger partial charge in [0.05, 0.1) is 16.6 Å². The van der Waals surface area contributed by atoms with Crippen LogP contribution in [0.4, 0.5) is 4.39 Å². The summed E-state index contributed by atoms with van der Waals surface area (Å²) in [6.07, 6.45) is 6.68. The molecule has 5 nitrogen and oxygen atoms in total. The summed E-state index contributed by atoms with van der Waals surface area (Å²) in [5.74, 6) is 3.86. The number of carbonyl (C=O) groups is 1. The molecule has 1 N–H and O–H groups in total. The van der Waals surface area contributed by atoms with Crippen LogP contribution in [-0.2, 0) is 0 Å². The first-order valence-electron chi connectivity index (χ1n) is 12.9. The number of pyridine rings is 1. The third kappa shape index (κ3) is 3.62. The van der Waals surface area contributed by atoms with Gasteiger partial charge in [0.1, 0.15) is 11.6 Å². The number of amides is 1. The van der Waals surface area contributed by atoms with Gasteiger partial charge in [0.25, 0.3) is 5.91 Å². The molecule has 1 amide bonds. The van der Waals surface area contributed by atoms with E-state index in [0.29, 0.717) is 29.6 Å². The number of aromatic amines is 1. The molecule has 7 rings (SSSR count). The maximum atomic E-state index is 14.0. The summed E-state index contributed by atoms with van der Waals surface area (Å²) in [6, 6.07) is 12.9. The fourth-order valence-electron chi connectivity index (χ4n) is 6.92. The van der Waals surface area contributed by atoms with Gasteiger partial charge in [-0.25, -0.2) is 9.37 Å². The molecule has 0 spiro atoms. The number of imidazole rings is 1. The normalized spacial score (nSPS) is 26.1. The Labute approximate surface area is 203 Å². The molecule has 2 aliphatic carbocycles. The van der Waals surface area contributed by atoms with Gasteiger partial charge in [-0.05, 0) is 97.4 Å². The Kier molecular flexibility index (Phi) is 4.73. The van der Waals surface area contributed by atoms with E-state index in [-0.39, 0.29) is 11.7 Å². The number of nitrogens with one attached hydrogen (secondary N) is 1. The molecular weight excluding hydrogens is 439 g/mol. The molecule has 1 saturated heterocycles. The average molecular weight is 469 g/mol. The van der Waals surface area contributed by atoms with E-state index in [1.54, 1.807) is 12.1 Å². The summed E-state index contributed by atoms with van der Waals surface area (Å²) in [7, 11) is 0. The lowest BCUT2D eigenvalue weighted by Gasteiger charge is -2.30. The van der Waals surface area contributed by atoms with Crippen LogP contribution in [0.5, 0.6) is 0 Å². The van der Waals surface area contributed by atoms with Crippen molar-refractivity contribution in [1.29, 1.82) is 0 Å². The summed E-state index contributed by atoms with van der Waals surface area (Å²) < 4.78 is 14.0. The molecule has 1 aliphatic heterocycles. The van der Waals surface area contributed by atoms with Crippen molar-refractivity contribution in [3.05, 3.63) is 71.4 Å². The lowest BCUT2D eigenvalue weighted by molar-refractivity contribution is 0.0885. The van der Waals surface area contributed by atoms with E-state index in [2.05, 4.69) is 23.0 Å². The number of nitrogens with zero attached hydrogens (tertiary/aromatic N) is 3. The maximum Gasteiger partial charge on any atom is 0.254 e. The van der Waals surface area contributed by atoms with E-state index in [4.69, 9.17) is 4.98 Å². The van der Waals surface area contributed by atoms with Crippen LogP contribution < -0.4 is 0 Å². The molecule has 2 saturated carbocycles. The minimum absolute atomic E-state index is 0.109. The van der Waals surface area contributed by atoms with E-state index < -0.39 is 0 Å². The fraction of sp³-hybridized carbons (Fsp3) is 0.414. The number of H-pyrrole nitrogens is 1. The number of hydrogen-bond acceptors (Lipinski definition) is 3. The largest absolute Gasteiger partial charge is 0.342 e. The molecule has 3 fully saturated rings. The van der Waals surface area contributed by atoms with Gasteiger partial charge >= 0.3 is 0 Å². The predicted molar refractivity (Wildman–Crippen MR) is 134 cm³/mol. The van der Waals surface area contributed by atoms with Gasteiger partial charge in [-0.15, -0.1) is 0 Å². The summed E-state index contributed by atoms with van der Waals surface area (Å²) in [5, 5.41) is 0.980. The molecule has 3 aliphatic rings. The molecular formula is C29H29FN4O. The molecule has 5 unspecified atom stereocenters. The Morgan fingerprint density at radius 1 is 1.09 bits per heavy atom. The minimum Gasteiger partial charge on any atom is -0.342 e. The van der Waals surface area contributed by atoms with E-state index in [1.165, 1.54) is 30.9 Å². The highest BCUT2D eigenvalue weighted by Gasteiger charge is 2.46. The molecule has 0 radical (unpaired) electrons. The molecule has 3 heterocycles. The second kappa shape index (κ2) is 7.87. The van der Waals surface area contributed by atoms with Crippen molar-refractivity contribution >= 4 is 27.8 Å². The quantitative estimate of drug-likeness (QED) is 0.364. The van der Waals surface area contributed by atoms with Crippen molar-refractivity contribution in [2.75, 3.05) is 13.1 Å². The van der Waals surface area contributed by atoms with Crippen molar-refractivity contribution in [2.24, 2.45) is 17.8 Å². The fourth-order valence-corrected chi connectivity index (χ4v) is 6.92. The zero-order valence-corrected chi connectivity index (χ0v) is 19.9. The first-order valence-corrected chi connectivity index (χ1v) is 12.9. The number of benzene rings is 2. The van der Waals surface area contributed by atoms with E-state index in [0.717, 1.165) is 52.8 Å². The van der Waals surface area contributed by atoms with Crippen LogP contribution >= 0.6 is 0 Å². The number of aromatic nitrogens is 3. The second-order valence-electron chi connectivity index (χ2n) is 10.9. The number of hydrogen-bond donors (Lipinski definition) is 1. The van der Waals surface area contributed by atoms with Gasteiger partial charge < -0.3 is 9.88 Å². The highest BCUT2D eigenvalue weighted by Crippen LogP contribution is 2.58. The maximum absolute atomic E-state index is 14.0. The molecule has 6 heteroatoms. The molecule has 2 bridgehead atoms. The smallest absolute Gasteiger partial charge is 0.254 e. The van der Waals surface area contributed by atoms with Crippen LogP contribution in [0.3, 0.4) is 0 Å². The van der Waals surface area contributed by atoms with Crippen LogP contribution in [0.25, 0.3) is 21.9 Å². The molecule has 4 aromatic rings. The molecule has 2 aromatic heterocycles. The summed E-state index contributed by atoms with van der Waals surface area (Å²) >= 11 is 0. The van der Waals surface area contributed by atoms with Crippen molar-refractivity contribution in [2.45, 2.75) is 44.4 Å². The van der Waals surface area contributed by atoms with Crippen molar-refractivity contribution < 1.29 is 9.18 Å². The Bertz CT molecular complexity index is 1460. The van der Waals surface area contributed by atoms with Crippen LogP contribution in [-0.4, -0.2) is 38.8 Å². The van der Waals surface area contributed by atoms with Crippen LogP contribution in [0.15, 0.2) is 48.7 Å². The number of halogens is 1. The Morgan fingerprint density at radius 2 is 1.94 bits per heavy atom. The van der Waals surface area contributed by atoms with Gasteiger partial charge in [0, 0.05) is 36.2 Å². The SMILES string of the molecule is CC(CC1CC2CC1CC2c1ccnc2ccc(F)cc12)c1nc2ccc(C(=O)N3CC3)cc2[nH]1. The monoisotopic (exact) mass is 468 g/mol. The standard InChI is InChI=1S/C29H29FN4O/c1-16(28-32-26-4-2-17(14-27(26)33-28)29(35)34-8-9-34)10-18-11-20-12-19(18)13-23(20)22-6-7-31-25-5-3-21(30)15-24(22)25/h2-7,14-16,18-20,23H,8-13H2,1H3,(H,32,33). The van der Waals surface area contributed by atoms with Gasteiger partial charge in [0.15, 0.2) is 0 Å².